The number of anilines is 1. The van der Waals surface area contributed by atoms with Crippen molar-refractivity contribution in [3.63, 3.8) is 0 Å². The number of carboxylic acid groups (broad SMARTS) is 1. The Morgan fingerprint density at radius 2 is 2.11 bits per heavy atom. The molecule has 5 heteroatoms. The largest absolute Gasteiger partial charge is 0.478 e. The molecule has 0 heterocycles. The zero-order chi connectivity index (χ0) is 14.3. The van der Waals surface area contributed by atoms with E-state index in [4.69, 9.17) is 9.84 Å². The minimum atomic E-state index is -1.05. The van der Waals surface area contributed by atoms with Gasteiger partial charge < -0.3 is 15.2 Å². The first kappa shape index (κ1) is 15.2. The molecule has 0 aromatic heterocycles. The average molecular weight is 265 g/mol. The zero-order valence-electron chi connectivity index (χ0n) is 11.2. The Bertz CT molecular complexity index is 457. The van der Waals surface area contributed by atoms with E-state index in [0.29, 0.717) is 31.7 Å². The van der Waals surface area contributed by atoms with Crippen molar-refractivity contribution in [1.82, 2.24) is 0 Å². The second-order valence-electron chi connectivity index (χ2n) is 4.15. The van der Waals surface area contributed by atoms with Gasteiger partial charge in [-0.3, -0.25) is 4.79 Å². The Hall–Kier alpha value is -1.88. The fourth-order valence-electron chi connectivity index (χ4n) is 1.69. The second-order valence-corrected chi connectivity index (χ2v) is 4.15. The zero-order valence-corrected chi connectivity index (χ0v) is 11.2. The lowest BCUT2D eigenvalue weighted by Crippen LogP contribution is -2.16. The van der Waals surface area contributed by atoms with Crippen LogP contribution < -0.4 is 5.32 Å². The molecule has 0 fully saturated rings. The molecule has 0 atom stereocenters. The maximum Gasteiger partial charge on any atom is 0.337 e. The highest BCUT2D eigenvalue weighted by molar-refractivity contribution is 6.01. The Morgan fingerprint density at radius 3 is 2.74 bits per heavy atom. The summed E-state index contributed by atoms with van der Waals surface area (Å²) >= 11 is 0. The smallest absolute Gasteiger partial charge is 0.337 e. The Morgan fingerprint density at radius 1 is 1.37 bits per heavy atom. The lowest BCUT2D eigenvalue weighted by molar-refractivity contribution is -0.116. The number of ether oxygens (including phenoxy) is 1. The third-order valence-electron chi connectivity index (χ3n) is 2.66. The fraction of sp³-hybridized carbons (Fsp3) is 0.429. The van der Waals surface area contributed by atoms with Gasteiger partial charge in [0.2, 0.25) is 5.91 Å². The number of aromatic carboxylic acids is 1. The van der Waals surface area contributed by atoms with Gasteiger partial charge in [0, 0.05) is 19.6 Å². The number of hydrogen-bond donors (Lipinski definition) is 2. The summed E-state index contributed by atoms with van der Waals surface area (Å²) in [6, 6.07) is 4.90. The van der Waals surface area contributed by atoms with Gasteiger partial charge in [-0.2, -0.15) is 0 Å². The van der Waals surface area contributed by atoms with Crippen LogP contribution in [0.5, 0.6) is 0 Å². The van der Waals surface area contributed by atoms with Crippen molar-refractivity contribution in [2.45, 2.75) is 26.7 Å². The lowest BCUT2D eigenvalue weighted by Gasteiger charge is -2.11. The summed E-state index contributed by atoms with van der Waals surface area (Å²) in [4.78, 5) is 22.8. The van der Waals surface area contributed by atoms with Crippen LogP contribution in [0.25, 0.3) is 0 Å². The summed E-state index contributed by atoms with van der Waals surface area (Å²) in [5.41, 5.74) is 1.22. The molecule has 1 amide bonds. The summed E-state index contributed by atoms with van der Waals surface area (Å²) in [6.45, 7) is 4.82. The molecule has 0 bridgehead atoms. The highest BCUT2D eigenvalue weighted by atomic mass is 16.5. The van der Waals surface area contributed by atoms with Crippen molar-refractivity contribution in [3.8, 4) is 0 Å². The number of amides is 1. The van der Waals surface area contributed by atoms with Crippen LogP contribution in [0.15, 0.2) is 18.2 Å². The SMILES string of the molecule is CCOCCCC(=O)Nc1c(C)cccc1C(=O)O. The highest BCUT2D eigenvalue weighted by Gasteiger charge is 2.14. The fourth-order valence-corrected chi connectivity index (χ4v) is 1.69. The molecule has 1 aromatic carbocycles. The molecule has 5 nitrogen and oxygen atoms in total. The lowest BCUT2D eigenvalue weighted by atomic mass is 10.1. The first-order valence-electron chi connectivity index (χ1n) is 6.26. The van der Waals surface area contributed by atoms with Crippen LogP contribution >= 0.6 is 0 Å². The van der Waals surface area contributed by atoms with Crippen LogP contribution in [0.1, 0.15) is 35.7 Å². The quantitative estimate of drug-likeness (QED) is 0.742. The number of para-hydroxylation sites is 1. The van der Waals surface area contributed by atoms with Crippen molar-refractivity contribution >= 4 is 17.6 Å². The monoisotopic (exact) mass is 265 g/mol. The van der Waals surface area contributed by atoms with Crippen LogP contribution in [-0.4, -0.2) is 30.2 Å². The molecular weight excluding hydrogens is 246 g/mol. The van der Waals surface area contributed by atoms with Crippen molar-refractivity contribution in [1.29, 1.82) is 0 Å². The summed E-state index contributed by atoms with van der Waals surface area (Å²) in [7, 11) is 0. The summed E-state index contributed by atoms with van der Waals surface area (Å²) in [6.07, 6.45) is 0.932. The van der Waals surface area contributed by atoms with Crippen molar-refractivity contribution in [2.24, 2.45) is 0 Å². The summed E-state index contributed by atoms with van der Waals surface area (Å²) < 4.78 is 5.15. The molecule has 0 aliphatic rings. The Labute approximate surface area is 112 Å². The topological polar surface area (TPSA) is 75.6 Å². The van der Waals surface area contributed by atoms with E-state index in [1.165, 1.54) is 6.07 Å². The number of carbonyl (C=O) groups excluding carboxylic acids is 1. The van der Waals surface area contributed by atoms with E-state index in [1.54, 1.807) is 19.1 Å². The molecule has 0 radical (unpaired) electrons. The number of aryl methyl sites for hydroxylation is 1. The molecule has 1 aromatic rings. The number of carboxylic acids is 1. The standard InChI is InChI=1S/C14H19NO4/c1-3-19-9-5-8-12(16)15-13-10(2)6-4-7-11(13)14(17)18/h4,6-7H,3,5,8-9H2,1-2H3,(H,15,16)(H,17,18). The third-order valence-corrected chi connectivity index (χ3v) is 2.66. The summed E-state index contributed by atoms with van der Waals surface area (Å²) in [5, 5.41) is 11.7. The molecule has 0 aliphatic carbocycles. The predicted molar refractivity (Wildman–Crippen MR) is 72.5 cm³/mol. The van der Waals surface area contributed by atoms with Crippen LogP contribution in [-0.2, 0) is 9.53 Å². The molecule has 0 saturated heterocycles. The van der Waals surface area contributed by atoms with Gasteiger partial charge >= 0.3 is 5.97 Å². The minimum Gasteiger partial charge on any atom is -0.478 e. The molecule has 19 heavy (non-hydrogen) atoms. The molecule has 0 aliphatic heterocycles. The predicted octanol–water partition coefficient (Wildman–Crippen LogP) is 2.45. The van der Waals surface area contributed by atoms with Gasteiger partial charge in [0.05, 0.1) is 11.3 Å². The van der Waals surface area contributed by atoms with Crippen molar-refractivity contribution in [3.05, 3.63) is 29.3 Å². The number of carbonyl (C=O) groups is 2. The van der Waals surface area contributed by atoms with Crippen LogP contribution in [0, 0.1) is 6.92 Å². The molecule has 0 spiro atoms. The van der Waals surface area contributed by atoms with Crippen LogP contribution in [0.3, 0.4) is 0 Å². The van der Waals surface area contributed by atoms with Gasteiger partial charge in [0.1, 0.15) is 0 Å². The molecular formula is C14H19NO4. The normalized spacial score (nSPS) is 10.2. The van der Waals surface area contributed by atoms with E-state index in [-0.39, 0.29) is 11.5 Å². The van der Waals surface area contributed by atoms with E-state index < -0.39 is 5.97 Å². The van der Waals surface area contributed by atoms with Crippen LogP contribution in [0.2, 0.25) is 0 Å². The van der Waals surface area contributed by atoms with Gasteiger partial charge in [0.15, 0.2) is 0 Å². The van der Waals surface area contributed by atoms with Crippen LogP contribution in [0.4, 0.5) is 5.69 Å². The van der Waals surface area contributed by atoms with Gasteiger partial charge in [-0.15, -0.1) is 0 Å². The maximum atomic E-state index is 11.7. The molecule has 0 unspecified atom stereocenters. The van der Waals surface area contributed by atoms with Gasteiger partial charge in [-0.1, -0.05) is 12.1 Å². The van der Waals surface area contributed by atoms with Crippen molar-refractivity contribution < 1.29 is 19.4 Å². The van der Waals surface area contributed by atoms with Gasteiger partial charge in [0.25, 0.3) is 0 Å². The molecule has 0 saturated carbocycles. The number of rotatable bonds is 7. The Kier molecular flexibility index (Phi) is 6.02. The molecule has 104 valence electrons. The van der Waals surface area contributed by atoms with E-state index in [0.717, 1.165) is 5.56 Å². The number of nitrogens with one attached hydrogen (secondary N) is 1. The third kappa shape index (κ3) is 4.71. The van der Waals surface area contributed by atoms with Crippen molar-refractivity contribution in [2.75, 3.05) is 18.5 Å². The first-order chi connectivity index (χ1) is 9.06. The number of hydrogen-bond acceptors (Lipinski definition) is 3. The van der Waals surface area contributed by atoms with E-state index in [1.807, 2.05) is 6.92 Å². The van der Waals surface area contributed by atoms with E-state index in [9.17, 15) is 9.59 Å². The second kappa shape index (κ2) is 7.53. The van der Waals surface area contributed by atoms with Gasteiger partial charge in [-0.05, 0) is 31.9 Å². The number of benzene rings is 1. The average Bonchev–Trinajstić information content (AvgIpc) is 2.37. The van der Waals surface area contributed by atoms with E-state index >= 15 is 0 Å². The minimum absolute atomic E-state index is 0.109. The molecule has 1 rings (SSSR count). The Balaban J connectivity index is 2.66. The van der Waals surface area contributed by atoms with Gasteiger partial charge in [-0.25, -0.2) is 4.79 Å². The first-order valence-corrected chi connectivity index (χ1v) is 6.26. The molecule has 2 N–H and O–H groups in total. The van der Waals surface area contributed by atoms with E-state index in [2.05, 4.69) is 5.32 Å². The maximum absolute atomic E-state index is 11.7. The highest BCUT2D eigenvalue weighted by Crippen LogP contribution is 2.20. The summed E-state index contributed by atoms with van der Waals surface area (Å²) in [5.74, 6) is -1.25.